The molecule has 7 nitrogen and oxygen atoms in total. The molecule has 0 unspecified atom stereocenters. The zero-order valence-electron chi connectivity index (χ0n) is 13.6. The van der Waals surface area contributed by atoms with Gasteiger partial charge >= 0.3 is 6.03 Å². The Kier molecular flexibility index (Phi) is 7.45. The van der Waals surface area contributed by atoms with E-state index in [9.17, 15) is 9.59 Å². The van der Waals surface area contributed by atoms with E-state index in [1.54, 1.807) is 19.9 Å². The van der Waals surface area contributed by atoms with Gasteiger partial charge in [-0.15, -0.1) is 0 Å². The predicted octanol–water partition coefficient (Wildman–Crippen LogP) is 1.90. The number of aryl methyl sites for hydroxylation is 2. The van der Waals surface area contributed by atoms with Crippen LogP contribution in [-0.2, 0) is 4.74 Å². The summed E-state index contributed by atoms with van der Waals surface area (Å²) in [6.45, 7) is 9.40. The topological polar surface area (TPSA) is 92.6 Å². The van der Waals surface area contributed by atoms with Gasteiger partial charge in [0.15, 0.2) is 0 Å². The van der Waals surface area contributed by atoms with Crippen molar-refractivity contribution in [2.24, 2.45) is 5.92 Å². The van der Waals surface area contributed by atoms with Crippen LogP contribution in [0.5, 0.6) is 0 Å². The van der Waals surface area contributed by atoms with Gasteiger partial charge in [-0.05, 0) is 32.3 Å². The fourth-order valence-corrected chi connectivity index (χ4v) is 1.78. The zero-order chi connectivity index (χ0) is 16.5. The highest BCUT2D eigenvalue weighted by Gasteiger charge is 2.13. The number of hydrazine groups is 1. The van der Waals surface area contributed by atoms with Crippen molar-refractivity contribution in [2.75, 3.05) is 19.8 Å². The van der Waals surface area contributed by atoms with Gasteiger partial charge in [-0.3, -0.25) is 10.2 Å². The van der Waals surface area contributed by atoms with E-state index >= 15 is 0 Å². The van der Waals surface area contributed by atoms with Crippen LogP contribution in [0.1, 0.15) is 42.1 Å². The van der Waals surface area contributed by atoms with Crippen LogP contribution in [0.25, 0.3) is 0 Å². The maximum atomic E-state index is 11.8. The monoisotopic (exact) mass is 311 g/mol. The summed E-state index contributed by atoms with van der Waals surface area (Å²) in [6, 6.07) is 1.16. The molecule has 0 fully saturated rings. The lowest BCUT2D eigenvalue weighted by Gasteiger charge is -2.09. The molecule has 0 aliphatic rings. The Hall–Kier alpha value is -2.02. The van der Waals surface area contributed by atoms with Crippen LogP contribution >= 0.6 is 0 Å². The van der Waals surface area contributed by atoms with Gasteiger partial charge in [0.05, 0.1) is 5.56 Å². The highest BCUT2D eigenvalue weighted by molar-refractivity contribution is 5.96. The Bertz CT molecular complexity index is 497. The zero-order valence-corrected chi connectivity index (χ0v) is 13.6. The molecule has 0 aromatic carbocycles. The fourth-order valence-electron chi connectivity index (χ4n) is 1.78. The van der Waals surface area contributed by atoms with E-state index in [0.29, 0.717) is 49.2 Å². The molecule has 7 heteroatoms. The summed E-state index contributed by atoms with van der Waals surface area (Å²) in [6.07, 6.45) is 0.716. The summed E-state index contributed by atoms with van der Waals surface area (Å²) in [7, 11) is 0. The van der Waals surface area contributed by atoms with Gasteiger partial charge in [0.25, 0.3) is 5.91 Å². The molecular formula is C15H25N3O4. The third kappa shape index (κ3) is 6.62. The Balaban J connectivity index is 2.15. The first-order valence-corrected chi connectivity index (χ1v) is 7.39. The lowest BCUT2D eigenvalue weighted by molar-refractivity contribution is 0.0933. The van der Waals surface area contributed by atoms with Crippen molar-refractivity contribution < 1.29 is 18.7 Å². The molecule has 0 radical (unpaired) electrons. The van der Waals surface area contributed by atoms with Crippen molar-refractivity contribution in [3.05, 3.63) is 23.2 Å². The molecule has 3 amide bonds. The molecule has 124 valence electrons. The Morgan fingerprint density at radius 1 is 1.27 bits per heavy atom. The molecule has 0 bridgehead atoms. The first-order chi connectivity index (χ1) is 10.4. The second-order valence-corrected chi connectivity index (χ2v) is 5.48. The molecule has 3 N–H and O–H groups in total. The number of amides is 3. The molecule has 0 atom stereocenters. The van der Waals surface area contributed by atoms with Crippen molar-refractivity contribution in [3.63, 3.8) is 0 Å². The Morgan fingerprint density at radius 3 is 2.59 bits per heavy atom. The number of hydrogen-bond acceptors (Lipinski definition) is 4. The van der Waals surface area contributed by atoms with E-state index in [0.717, 1.165) is 0 Å². The standard InChI is InChI=1S/C15H25N3O4/c1-10(2)9-21-7-5-6-16-15(20)18-17-14(19)13-8-11(3)22-12(13)4/h8,10H,5-7,9H2,1-4H3,(H,17,19)(H2,16,18,20). The second-order valence-electron chi connectivity index (χ2n) is 5.48. The van der Waals surface area contributed by atoms with Gasteiger partial charge in [-0.25, -0.2) is 10.2 Å². The lowest BCUT2D eigenvalue weighted by atomic mass is 10.2. The van der Waals surface area contributed by atoms with Crippen molar-refractivity contribution in [1.82, 2.24) is 16.2 Å². The highest BCUT2D eigenvalue weighted by Crippen LogP contribution is 2.12. The van der Waals surface area contributed by atoms with Gasteiger partial charge in [0.2, 0.25) is 0 Å². The summed E-state index contributed by atoms with van der Waals surface area (Å²) >= 11 is 0. The average Bonchev–Trinajstić information content (AvgIpc) is 2.78. The quantitative estimate of drug-likeness (QED) is 0.530. The minimum atomic E-state index is -0.463. The van der Waals surface area contributed by atoms with Gasteiger partial charge in [0, 0.05) is 19.8 Å². The van der Waals surface area contributed by atoms with Crippen LogP contribution in [0.2, 0.25) is 0 Å². The number of ether oxygens (including phenoxy) is 1. The maximum absolute atomic E-state index is 11.8. The summed E-state index contributed by atoms with van der Waals surface area (Å²) < 4.78 is 10.7. The minimum Gasteiger partial charge on any atom is -0.466 e. The molecule has 0 aliphatic heterocycles. The summed E-state index contributed by atoms with van der Waals surface area (Å²) in [5.74, 6) is 1.25. The van der Waals surface area contributed by atoms with E-state index in [1.165, 1.54) is 0 Å². The van der Waals surface area contributed by atoms with Crippen molar-refractivity contribution in [2.45, 2.75) is 34.1 Å². The first-order valence-electron chi connectivity index (χ1n) is 7.39. The SMILES string of the molecule is Cc1cc(C(=O)NNC(=O)NCCCOCC(C)C)c(C)o1. The molecule has 0 saturated carbocycles. The van der Waals surface area contributed by atoms with Crippen molar-refractivity contribution in [1.29, 1.82) is 0 Å². The van der Waals surface area contributed by atoms with Crippen LogP contribution < -0.4 is 16.2 Å². The molecule has 0 saturated heterocycles. The van der Waals surface area contributed by atoms with Gasteiger partial charge in [0.1, 0.15) is 11.5 Å². The largest absolute Gasteiger partial charge is 0.466 e. The van der Waals surface area contributed by atoms with Crippen LogP contribution in [0.3, 0.4) is 0 Å². The Morgan fingerprint density at radius 2 is 2.00 bits per heavy atom. The number of rotatable bonds is 7. The number of urea groups is 1. The van der Waals surface area contributed by atoms with Gasteiger partial charge < -0.3 is 14.5 Å². The number of furan rings is 1. The Labute approximate surface area is 130 Å². The normalized spacial score (nSPS) is 10.6. The van der Waals surface area contributed by atoms with Crippen LogP contribution in [0.4, 0.5) is 4.79 Å². The first kappa shape index (κ1) is 18.0. The molecule has 1 aromatic heterocycles. The number of nitrogens with one attached hydrogen (secondary N) is 3. The van der Waals surface area contributed by atoms with E-state index in [2.05, 4.69) is 30.0 Å². The van der Waals surface area contributed by atoms with E-state index in [1.807, 2.05) is 0 Å². The minimum absolute atomic E-state index is 0.403. The highest BCUT2D eigenvalue weighted by atomic mass is 16.5. The number of carbonyl (C=O) groups excluding carboxylic acids is 2. The number of carbonyl (C=O) groups is 2. The molecule has 1 aromatic rings. The summed E-state index contributed by atoms with van der Waals surface area (Å²) in [5.41, 5.74) is 5.02. The molecule has 0 aliphatic carbocycles. The molecule has 0 spiro atoms. The van der Waals surface area contributed by atoms with Crippen LogP contribution in [0, 0.1) is 19.8 Å². The fraction of sp³-hybridized carbons (Fsp3) is 0.600. The second kappa shape index (κ2) is 9.09. The summed E-state index contributed by atoms with van der Waals surface area (Å²) in [4.78, 5) is 23.3. The maximum Gasteiger partial charge on any atom is 0.333 e. The lowest BCUT2D eigenvalue weighted by Crippen LogP contribution is -2.47. The third-order valence-electron chi connectivity index (χ3n) is 2.78. The average molecular weight is 311 g/mol. The van der Waals surface area contributed by atoms with Crippen molar-refractivity contribution >= 4 is 11.9 Å². The van der Waals surface area contributed by atoms with E-state index in [4.69, 9.17) is 9.15 Å². The smallest absolute Gasteiger partial charge is 0.333 e. The number of hydrogen-bond donors (Lipinski definition) is 3. The third-order valence-corrected chi connectivity index (χ3v) is 2.78. The van der Waals surface area contributed by atoms with E-state index in [-0.39, 0.29) is 0 Å². The van der Waals surface area contributed by atoms with Gasteiger partial charge in [-0.1, -0.05) is 13.8 Å². The van der Waals surface area contributed by atoms with Gasteiger partial charge in [-0.2, -0.15) is 0 Å². The molecule has 22 heavy (non-hydrogen) atoms. The predicted molar refractivity (Wildman–Crippen MR) is 82.5 cm³/mol. The summed E-state index contributed by atoms with van der Waals surface area (Å²) in [5, 5.41) is 2.63. The molecule has 1 heterocycles. The van der Waals surface area contributed by atoms with Crippen LogP contribution in [0.15, 0.2) is 10.5 Å². The molecule has 1 rings (SSSR count). The van der Waals surface area contributed by atoms with Crippen LogP contribution in [-0.4, -0.2) is 31.7 Å². The van der Waals surface area contributed by atoms with Crippen molar-refractivity contribution in [3.8, 4) is 0 Å². The van der Waals surface area contributed by atoms with E-state index < -0.39 is 11.9 Å². The molecular weight excluding hydrogens is 286 g/mol.